The molecular weight excluding hydrogens is 122 g/mol. The van der Waals surface area contributed by atoms with E-state index in [4.69, 9.17) is 0 Å². The Balaban J connectivity index is 3.69. The van der Waals surface area contributed by atoms with Crippen molar-refractivity contribution in [1.82, 2.24) is 5.32 Å². The Hall–Kier alpha value is -0.980. The summed E-state index contributed by atoms with van der Waals surface area (Å²) in [6.07, 6.45) is 7.68. The van der Waals surface area contributed by atoms with Crippen molar-refractivity contribution in [1.29, 1.82) is 0 Å². The van der Waals surface area contributed by atoms with Crippen LogP contribution in [0.3, 0.4) is 0 Å². The quantitative estimate of drug-likeness (QED) is 0.586. The van der Waals surface area contributed by atoms with Gasteiger partial charge in [0.15, 0.2) is 0 Å². The third-order valence-electron chi connectivity index (χ3n) is 1.03. The molecule has 0 saturated carbocycles. The van der Waals surface area contributed by atoms with Crippen molar-refractivity contribution in [2.75, 3.05) is 6.54 Å². The molecule has 0 saturated heterocycles. The Morgan fingerprint density at radius 2 is 2.30 bits per heavy atom. The Morgan fingerprint density at radius 1 is 1.60 bits per heavy atom. The molecule has 0 atom stereocenters. The fourth-order valence-electron chi connectivity index (χ4n) is 0.531. The van der Waals surface area contributed by atoms with Gasteiger partial charge in [0, 0.05) is 6.54 Å². The first-order valence-electron chi connectivity index (χ1n) is 3.50. The highest BCUT2D eigenvalue weighted by molar-refractivity contribution is 5.18. The van der Waals surface area contributed by atoms with E-state index in [0.717, 1.165) is 6.54 Å². The molecule has 1 nitrogen and oxygen atoms in total. The lowest BCUT2D eigenvalue weighted by atomic mass is 10.3. The highest BCUT2D eigenvalue weighted by Crippen LogP contribution is 1.91. The minimum Gasteiger partial charge on any atom is -0.391 e. The minimum atomic E-state index is 0.971. The molecule has 0 bridgehead atoms. The molecule has 1 N–H and O–H groups in total. The van der Waals surface area contributed by atoms with E-state index in [1.807, 2.05) is 25.3 Å². The first kappa shape index (κ1) is 9.02. The molecule has 0 aromatic heterocycles. The molecule has 56 valence electrons. The lowest BCUT2D eigenvalue weighted by molar-refractivity contribution is 0.911. The van der Waals surface area contributed by atoms with Gasteiger partial charge in [0.1, 0.15) is 0 Å². The molecule has 0 aromatic carbocycles. The van der Waals surface area contributed by atoms with Crippen molar-refractivity contribution in [3.8, 4) is 0 Å². The zero-order chi connectivity index (χ0) is 7.82. The van der Waals surface area contributed by atoms with E-state index >= 15 is 0 Å². The van der Waals surface area contributed by atoms with Gasteiger partial charge in [-0.3, -0.25) is 0 Å². The lowest BCUT2D eigenvalue weighted by Crippen LogP contribution is -2.02. The summed E-state index contributed by atoms with van der Waals surface area (Å²) in [6, 6.07) is 0. The summed E-state index contributed by atoms with van der Waals surface area (Å²) in [4.78, 5) is 0. The van der Waals surface area contributed by atoms with Gasteiger partial charge in [0.2, 0.25) is 0 Å². The van der Waals surface area contributed by atoms with E-state index in [1.54, 1.807) is 6.08 Å². The van der Waals surface area contributed by atoms with Gasteiger partial charge in [-0.05, 0) is 25.6 Å². The number of rotatable bonds is 4. The predicted molar refractivity (Wildman–Crippen MR) is 46.8 cm³/mol. The topological polar surface area (TPSA) is 12.0 Å². The SMILES string of the molecule is C=C/C=C\C(C)=C\NCC. The van der Waals surface area contributed by atoms with Gasteiger partial charge in [0.05, 0.1) is 0 Å². The monoisotopic (exact) mass is 137 g/mol. The maximum Gasteiger partial charge on any atom is 0.0113 e. The highest BCUT2D eigenvalue weighted by atomic mass is 14.8. The van der Waals surface area contributed by atoms with Gasteiger partial charge in [-0.15, -0.1) is 0 Å². The third-order valence-corrected chi connectivity index (χ3v) is 1.03. The maximum absolute atomic E-state index is 3.58. The van der Waals surface area contributed by atoms with Gasteiger partial charge in [0.25, 0.3) is 0 Å². The highest BCUT2D eigenvalue weighted by Gasteiger charge is 1.76. The summed E-state index contributed by atoms with van der Waals surface area (Å²) < 4.78 is 0. The van der Waals surface area contributed by atoms with Crippen molar-refractivity contribution < 1.29 is 0 Å². The van der Waals surface area contributed by atoms with E-state index in [1.165, 1.54) is 5.57 Å². The van der Waals surface area contributed by atoms with Gasteiger partial charge in [-0.1, -0.05) is 24.8 Å². The van der Waals surface area contributed by atoms with Gasteiger partial charge >= 0.3 is 0 Å². The van der Waals surface area contributed by atoms with Crippen LogP contribution >= 0.6 is 0 Å². The van der Waals surface area contributed by atoms with E-state index in [0.29, 0.717) is 0 Å². The predicted octanol–water partition coefficient (Wildman–Crippen LogP) is 2.24. The molecule has 0 rings (SSSR count). The molecule has 0 fully saturated rings. The smallest absolute Gasteiger partial charge is 0.0113 e. The van der Waals surface area contributed by atoms with Crippen LogP contribution in [0.1, 0.15) is 13.8 Å². The second-order valence-electron chi connectivity index (χ2n) is 2.04. The Morgan fingerprint density at radius 3 is 2.80 bits per heavy atom. The standard InChI is InChI=1S/C9H15N/c1-4-6-7-9(3)8-10-5-2/h4,6-8,10H,1,5H2,2-3H3/b7-6-,9-8+. The first-order chi connectivity index (χ1) is 4.81. The maximum atomic E-state index is 3.58. The molecule has 0 aromatic rings. The van der Waals surface area contributed by atoms with Crippen molar-refractivity contribution in [2.45, 2.75) is 13.8 Å². The molecule has 0 amide bonds. The Labute approximate surface area is 63.1 Å². The molecule has 1 heteroatoms. The zero-order valence-electron chi connectivity index (χ0n) is 6.72. The summed E-state index contributed by atoms with van der Waals surface area (Å²) >= 11 is 0. The second kappa shape index (κ2) is 6.14. The van der Waals surface area contributed by atoms with Crippen molar-refractivity contribution in [3.05, 3.63) is 36.6 Å². The van der Waals surface area contributed by atoms with Crippen LogP contribution in [-0.4, -0.2) is 6.54 Å². The van der Waals surface area contributed by atoms with Gasteiger partial charge in [-0.2, -0.15) is 0 Å². The number of hydrogen-bond donors (Lipinski definition) is 1. The van der Waals surface area contributed by atoms with E-state index in [-0.39, 0.29) is 0 Å². The second-order valence-corrected chi connectivity index (χ2v) is 2.04. The summed E-state index contributed by atoms with van der Waals surface area (Å²) in [7, 11) is 0. The molecule has 0 spiro atoms. The average Bonchev–Trinajstić information content (AvgIpc) is 1.97. The summed E-state index contributed by atoms with van der Waals surface area (Å²) in [6.45, 7) is 8.66. The van der Waals surface area contributed by atoms with E-state index < -0.39 is 0 Å². The van der Waals surface area contributed by atoms with Crippen LogP contribution in [0, 0.1) is 0 Å². The van der Waals surface area contributed by atoms with Gasteiger partial charge < -0.3 is 5.32 Å². The van der Waals surface area contributed by atoms with E-state index in [9.17, 15) is 0 Å². The Bertz CT molecular complexity index is 143. The molecule has 0 aliphatic carbocycles. The van der Waals surface area contributed by atoms with Crippen LogP contribution in [0.25, 0.3) is 0 Å². The minimum absolute atomic E-state index is 0.971. The van der Waals surface area contributed by atoms with Crippen LogP contribution in [0.4, 0.5) is 0 Å². The van der Waals surface area contributed by atoms with Crippen LogP contribution < -0.4 is 5.32 Å². The third kappa shape index (κ3) is 5.16. The molecule has 0 heterocycles. The average molecular weight is 137 g/mol. The number of nitrogens with one attached hydrogen (secondary N) is 1. The Kier molecular flexibility index (Phi) is 5.54. The normalized spacial score (nSPS) is 12.0. The molecular formula is C9H15N. The van der Waals surface area contributed by atoms with Crippen LogP contribution in [-0.2, 0) is 0 Å². The van der Waals surface area contributed by atoms with Crippen molar-refractivity contribution >= 4 is 0 Å². The summed E-state index contributed by atoms with van der Waals surface area (Å²) in [5.74, 6) is 0. The lowest BCUT2D eigenvalue weighted by Gasteiger charge is -1.93. The largest absolute Gasteiger partial charge is 0.391 e. The number of allylic oxidation sites excluding steroid dienone is 4. The molecule has 0 radical (unpaired) electrons. The van der Waals surface area contributed by atoms with Crippen LogP contribution in [0.5, 0.6) is 0 Å². The fraction of sp³-hybridized carbons (Fsp3) is 0.333. The summed E-state index contributed by atoms with van der Waals surface area (Å²) in [5, 5.41) is 3.11. The van der Waals surface area contributed by atoms with E-state index in [2.05, 4.69) is 18.8 Å². The fourth-order valence-corrected chi connectivity index (χ4v) is 0.531. The van der Waals surface area contributed by atoms with Crippen molar-refractivity contribution in [2.24, 2.45) is 0 Å². The van der Waals surface area contributed by atoms with Gasteiger partial charge in [-0.25, -0.2) is 0 Å². The molecule has 10 heavy (non-hydrogen) atoms. The molecule has 0 aliphatic heterocycles. The summed E-state index contributed by atoms with van der Waals surface area (Å²) in [5.41, 5.74) is 1.21. The van der Waals surface area contributed by atoms with Crippen LogP contribution in [0.15, 0.2) is 36.6 Å². The zero-order valence-corrected chi connectivity index (χ0v) is 6.72. The molecule has 0 unspecified atom stereocenters. The number of hydrogen-bond acceptors (Lipinski definition) is 1. The first-order valence-corrected chi connectivity index (χ1v) is 3.50. The van der Waals surface area contributed by atoms with Crippen molar-refractivity contribution in [3.63, 3.8) is 0 Å². The van der Waals surface area contributed by atoms with Crippen LogP contribution in [0.2, 0.25) is 0 Å². The molecule has 0 aliphatic rings.